The Bertz CT molecular complexity index is 1560. The number of pyridine rings is 1. The van der Waals surface area contributed by atoms with Crippen LogP contribution in [0.1, 0.15) is 38.0 Å². The van der Waals surface area contributed by atoms with E-state index in [1.807, 2.05) is 70.2 Å². The molecular weight excluding hydrogens is 567 g/mol. The first kappa shape index (κ1) is 28.8. The van der Waals surface area contributed by atoms with E-state index in [9.17, 15) is 9.90 Å². The standard InChI is InChI=1S/C30H32Cl2N4O3S/c1-17-14-21-27(25(18-6-8-20(31)9-7-18)24(17)26(29(37)38)39-30(2,3)4)40-28(33-21)19-15-22(32)34-23(16-19)36-12-10-35(5)11-13-36/h6-9,14-16,26H,10-13H2,1-5H3,(H,37,38). The number of thiazole rings is 1. The number of likely N-dealkylation sites (N-methyl/N-ethyl adjacent to an activating group) is 1. The molecule has 2 aromatic heterocycles. The topological polar surface area (TPSA) is 78.8 Å². The Balaban J connectivity index is 1.70. The van der Waals surface area contributed by atoms with Crippen LogP contribution in [-0.4, -0.2) is 64.8 Å². The van der Waals surface area contributed by atoms with Gasteiger partial charge in [-0.05, 0) is 76.2 Å². The maximum absolute atomic E-state index is 12.6. The molecule has 0 amide bonds. The van der Waals surface area contributed by atoms with Gasteiger partial charge in [0.2, 0.25) is 0 Å². The number of carbonyl (C=O) groups is 1. The third kappa shape index (κ3) is 6.11. The number of anilines is 1. The lowest BCUT2D eigenvalue weighted by Crippen LogP contribution is -2.44. The number of aryl methyl sites for hydroxylation is 1. The number of piperazine rings is 1. The number of fused-ring (bicyclic) bond motifs is 1. The molecule has 10 heteroatoms. The smallest absolute Gasteiger partial charge is 0.337 e. The van der Waals surface area contributed by atoms with Crippen molar-refractivity contribution in [1.82, 2.24) is 14.9 Å². The van der Waals surface area contributed by atoms with Gasteiger partial charge < -0.3 is 19.6 Å². The highest BCUT2D eigenvalue weighted by molar-refractivity contribution is 7.22. The second-order valence-corrected chi connectivity index (χ2v) is 13.0. The minimum atomic E-state index is -1.17. The lowest BCUT2D eigenvalue weighted by molar-refractivity contribution is -0.160. The molecule has 5 rings (SSSR count). The lowest BCUT2D eigenvalue weighted by atomic mass is 9.91. The molecule has 1 saturated heterocycles. The van der Waals surface area contributed by atoms with Gasteiger partial charge in [0.05, 0.1) is 15.8 Å². The molecule has 0 saturated carbocycles. The molecule has 40 heavy (non-hydrogen) atoms. The minimum Gasteiger partial charge on any atom is -0.479 e. The predicted molar refractivity (Wildman–Crippen MR) is 164 cm³/mol. The van der Waals surface area contributed by atoms with Crippen molar-refractivity contribution in [3.05, 3.63) is 63.8 Å². The Hall–Kier alpha value is -2.75. The second-order valence-electron chi connectivity index (χ2n) is 11.1. The SMILES string of the molecule is Cc1cc2nc(-c3cc(Cl)nc(N4CCN(C)CC4)c3)sc2c(-c2ccc(Cl)cc2)c1C(OC(C)(C)C)C(=O)O. The molecule has 0 radical (unpaired) electrons. The third-order valence-electron chi connectivity index (χ3n) is 6.87. The van der Waals surface area contributed by atoms with Crippen LogP contribution in [0.4, 0.5) is 5.82 Å². The average Bonchev–Trinajstić information content (AvgIpc) is 3.30. The monoisotopic (exact) mass is 598 g/mol. The Morgan fingerprint density at radius 1 is 1.02 bits per heavy atom. The quantitative estimate of drug-likeness (QED) is 0.233. The summed E-state index contributed by atoms with van der Waals surface area (Å²) in [4.78, 5) is 26.7. The van der Waals surface area contributed by atoms with Gasteiger partial charge in [-0.25, -0.2) is 14.8 Å². The maximum atomic E-state index is 12.6. The maximum Gasteiger partial charge on any atom is 0.337 e. The molecule has 0 bridgehead atoms. The number of ether oxygens (including phenoxy) is 1. The van der Waals surface area contributed by atoms with Crippen molar-refractivity contribution < 1.29 is 14.6 Å². The van der Waals surface area contributed by atoms with Crippen LogP contribution in [0.3, 0.4) is 0 Å². The summed E-state index contributed by atoms with van der Waals surface area (Å²) in [5, 5.41) is 12.1. The highest BCUT2D eigenvalue weighted by Gasteiger charge is 2.32. The number of carboxylic acid groups (broad SMARTS) is 1. The molecule has 1 aliphatic rings. The molecule has 1 atom stereocenters. The Kier molecular flexibility index (Phi) is 8.10. The molecular formula is C30H32Cl2N4O3S. The van der Waals surface area contributed by atoms with Gasteiger partial charge >= 0.3 is 5.97 Å². The predicted octanol–water partition coefficient (Wildman–Crippen LogP) is 7.33. The normalized spacial score (nSPS) is 15.5. The number of aliphatic carboxylic acids is 1. The second kappa shape index (κ2) is 11.3. The van der Waals surface area contributed by atoms with Crippen molar-refractivity contribution in [3.8, 4) is 21.7 Å². The molecule has 3 heterocycles. The highest BCUT2D eigenvalue weighted by atomic mass is 35.5. The van der Waals surface area contributed by atoms with E-state index in [0.717, 1.165) is 69.5 Å². The Morgan fingerprint density at radius 2 is 1.70 bits per heavy atom. The van der Waals surface area contributed by atoms with Crippen LogP contribution in [0.15, 0.2) is 42.5 Å². The van der Waals surface area contributed by atoms with Gasteiger partial charge in [0.25, 0.3) is 0 Å². The van der Waals surface area contributed by atoms with Crippen LogP contribution >= 0.6 is 34.5 Å². The first-order chi connectivity index (χ1) is 18.9. The fourth-order valence-corrected chi connectivity index (χ4v) is 6.41. The summed E-state index contributed by atoms with van der Waals surface area (Å²) in [6, 6.07) is 13.2. The Labute approximate surface area is 248 Å². The van der Waals surface area contributed by atoms with Crippen LogP contribution in [0.2, 0.25) is 10.2 Å². The first-order valence-corrected chi connectivity index (χ1v) is 14.7. The Morgan fingerprint density at radius 3 is 2.33 bits per heavy atom. The van der Waals surface area contributed by atoms with Crippen LogP contribution in [0, 0.1) is 6.92 Å². The van der Waals surface area contributed by atoms with Gasteiger partial charge in [0, 0.05) is 47.9 Å². The third-order valence-corrected chi connectivity index (χ3v) is 8.46. The number of carboxylic acids is 1. The number of hydrogen-bond acceptors (Lipinski definition) is 7. The summed E-state index contributed by atoms with van der Waals surface area (Å²) in [5.74, 6) is -0.218. The molecule has 1 N–H and O–H groups in total. The van der Waals surface area contributed by atoms with E-state index in [2.05, 4.69) is 21.8 Å². The van der Waals surface area contributed by atoms with E-state index >= 15 is 0 Å². The summed E-state index contributed by atoms with van der Waals surface area (Å²) >= 11 is 14.2. The van der Waals surface area contributed by atoms with Crippen LogP contribution in [0.5, 0.6) is 0 Å². The zero-order valence-corrected chi connectivity index (χ0v) is 25.5. The summed E-state index contributed by atoms with van der Waals surface area (Å²) in [6.45, 7) is 11.1. The number of benzene rings is 2. The van der Waals surface area contributed by atoms with Crippen LogP contribution in [0.25, 0.3) is 31.9 Å². The zero-order valence-electron chi connectivity index (χ0n) is 23.2. The summed E-state index contributed by atoms with van der Waals surface area (Å²) in [6.07, 6.45) is -1.17. The molecule has 0 aliphatic carbocycles. The molecule has 0 spiro atoms. The van der Waals surface area contributed by atoms with E-state index in [1.54, 1.807) is 0 Å². The van der Waals surface area contributed by atoms with Crippen molar-refractivity contribution >= 4 is 56.5 Å². The van der Waals surface area contributed by atoms with Crippen molar-refractivity contribution in [2.75, 3.05) is 38.1 Å². The van der Waals surface area contributed by atoms with E-state index < -0.39 is 17.7 Å². The fraction of sp³-hybridized carbons (Fsp3) is 0.367. The van der Waals surface area contributed by atoms with E-state index in [0.29, 0.717) is 15.7 Å². The molecule has 1 unspecified atom stereocenters. The number of hydrogen-bond donors (Lipinski definition) is 1. The van der Waals surface area contributed by atoms with Gasteiger partial charge in [-0.2, -0.15) is 0 Å². The van der Waals surface area contributed by atoms with Crippen molar-refractivity contribution in [3.63, 3.8) is 0 Å². The van der Waals surface area contributed by atoms with Crippen molar-refractivity contribution in [1.29, 1.82) is 0 Å². The summed E-state index contributed by atoms with van der Waals surface area (Å²) in [5.41, 5.74) is 4.01. The van der Waals surface area contributed by atoms with E-state index in [1.165, 1.54) is 11.3 Å². The number of halogens is 2. The first-order valence-electron chi connectivity index (χ1n) is 13.1. The number of nitrogens with zero attached hydrogens (tertiary/aromatic N) is 4. The molecule has 210 valence electrons. The molecule has 1 aliphatic heterocycles. The van der Waals surface area contributed by atoms with Gasteiger partial charge in [-0.15, -0.1) is 11.3 Å². The molecule has 4 aromatic rings. The fourth-order valence-electron chi connectivity index (χ4n) is 4.97. The van der Waals surface area contributed by atoms with Gasteiger partial charge in [-0.1, -0.05) is 35.3 Å². The van der Waals surface area contributed by atoms with Crippen LogP contribution < -0.4 is 4.90 Å². The van der Waals surface area contributed by atoms with Gasteiger partial charge in [-0.3, -0.25) is 0 Å². The molecule has 1 fully saturated rings. The van der Waals surface area contributed by atoms with Crippen molar-refractivity contribution in [2.24, 2.45) is 0 Å². The number of rotatable bonds is 6. The zero-order chi connectivity index (χ0) is 28.8. The van der Waals surface area contributed by atoms with Crippen LogP contribution in [-0.2, 0) is 9.53 Å². The lowest BCUT2D eigenvalue weighted by Gasteiger charge is -2.33. The molecule has 7 nitrogen and oxygen atoms in total. The van der Waals surface area contributed by atoms with Crippen molar-refractivity contribution in [2.45, 2.75) is 39.4 Å². The highest BCUT2D eigenvalue weighted by Crippen LogP contribution is 2.44. The van der Waals surface area contributed by atoms with E-state index in [-0.39, 0.29) is 0 Å². The largest absolute Gasteiger partial charge is 0.479 e. The summed E-state index contributed by atoms with van der Waals surface area (Å²) < 4.78 is 6.99. The number of aromatic nitrogens is 2. The van der Waals surface area contributed by atoms with Gasteiger partial charge in [0.1, 0.15) is 16.0 Å². The van der Waals surface area contributed by atoms with Gasteiger partial charge in [0.15, 0.2) is 6.10 Å². The van der Waals surface area contributed by atoms with E-state index in [4.69, 9.17) is 32.9 Å². The minimum absolute atomic E-state index is 0.407. The molecule has 2 aromatic carbocycles. The average molecular weight is 600 g/mol. The summed E-state index contributed by atoms with van der Waals surface area (Å²) in [7, 11) is 2.12.